The molecule has 0 saturated heterocycles. The van der Waals surface area contributed by atoms with Gasteiger partial charge in [-0.25, -0.2) is 4.98 Å². The fraction of sp³-hybridized carbons (Fsp3) is 0.267. The predicted molar refractivity (Wildman–Crippen MR) is 171 cm³/mol. The first-order chi connectivity index (χ1) is 19.2. The molecular formula is C30H30BrIN4O4. The lowest BCUT2D eigenvalue weighted by atomic mass is 10.1. The van der Waals surface area contributed by atoms with Gasteiger partial charge in [-0.3, -0.25) is 9.59 Å². The van der Waals surface area contributed by atoms with Crippen molar-refractivity contribution in [3.63, 3.8) is 0 Å². The van der Waals surface area contributed by atoms with Crippen LogP contribution in [0.25, 0.3) is 10.9 Å². The van der Waals surface area contributed by atoms with E-state index in [1.165, 1.54) is 4.68 Å². The van der Waals surface area contributed by atoms with E-state index < -0.39 is 0 Å². The number of aryl methyl sites for hydroxylation is 1. The molecule has 0 bridgehead atoms. The van der Waals surface area contributed by atoms with Crippen LogP contribution in [0.5, 0.6) is 11.5 Å². The molecule has 8 nitrogen and oxygen atoms in total. The summed E-state index contributed by atoms with van der Waals surface area (Å²) in [6.07, 6.45) is 2.41. The van der Waals surface area contributed by atoms with Gasteiger partial charge in [-0.1, -0.05) is 48.0 Å². The van der Waals surface area contributed by atoms with Crippen molar-refractivity contribution in [2.45, 2.75) is 40.0 Å². The number of hydrogen-bond donors (Lipinski definition) is 1. The molecule has 1 N–H and O–H groups in total. The maximum absolute atomic E-state index is 13.4. The highest BCUT2D eigenvalue weighted by atomic mass is 127. The molecule has 3 aromatic carbocycles. The van der Waals surface area contributed by atoms with E-state index >= 15 is 0 Å². The number of nitrogens with zero attached hydrogens (tertiary/aromatic N) is 3. The largest absolute Gasteiger partial charge is 0.490 e. The molecule has 0 aliphatic rings. The number of hydrogen-bond acceptors (Lipinski definition) is 6. The minimum absolute atomic E-state index is 0.0265. The van der Waals surface area contributed by atoms with Gasteiger partial charge in [0.2, 0.25) is 0 Å². The number of carbonyl (C=O) groups is 1. The zero-order valence-corrected chi connectivity index (χ0v) is 26.4. The number of para-hydroxylation sites is 1. The van der Waals surface area contributed by atoms with Gasteiger partial charge < -0.3 is 14.8 Å². The van der Waals surface area contributed by atoms with Crippen molar-refractivity contribution in [2.24, 2.45) is 5.10 Å². The van der Waals surface area contributed by atoms with Crippen LogP contribution in [0.3, 0.4) is 0 Å². The van der Waals surface area contributed by atoms with E-state index in [0.717, 1.165) is 25.7 Å². The van der Waals surface area contributed by atoms with Crippen LogP contribution >= 0.6 is 38.5 Å². The number of ether oxygens (including phenoxy) is 2. The van der Waals surface area contributed by atoms with Crippen LogP contribution in [-0.2, 0) is 4.79 Å². The molecule has 0 aliphatic heterocycles. The second kappa shape index (κ2) is 13.4. The van der Waals surface area contributed by atoms with E-state index in [1.807, 2.05) is 70.2 Å². The van der Waals surface area contributed by atoms with Crippen LogP contribution < -0.4 is 20.3 Å². The predicted octanol–water partition coefficient (Wildman–Crippen LogP) is 6.88. The quantitative estimate of drug-likeness (QED) is 0.143. The summed E-state index contributed by atoms with van der Waals surface area (Å²) in [6, 6.07) is 16.7. The Morgan fingerprint density at radius 3 is 2.67 bits per heavy atom. The van der Waals surface area contributed by atoms with Crippen LogP contribution in [0, 0.1) is 10.5 Å². The summed E-state index contributed by atoms with van der Waals surface area (Å²) in [4.78, 5) is 30.8. The van der Waals surface area contributed by atoms with Crippen molar-refractivity contribution >= 4 is 67.2 Å². The van der Waals surface area contributed by atoms with Gasteiger partial charge in [0.05, 0.1) is 27.3 Å². The Hall–Kier alpha value is -3.25. The number of fused-ring (bicyclic) bond motifs is 1. The molecule has 0 spiro atoms. The molecule has 4 rings (SSSR count). The Balaban J connectivity index is 1.63. The lowest BCUT2D eigenvalue weighted by Gasteiger charge is -2.15. The van der Waals surface area contributed by atoms with Crippen LogP contribution in [0.4, 0.5) is 5.69 Å². The molecular weight excluding hydrogens is 687 g/mol. The summed E-state index contributed by atoms with van der Waals surface area (Å²) in [5.41, 5.74) is 2.81. The normalized spacial score (nSPS) is 12.1. The SMILES string of the molecule is CCOc1cc(C=Nn2c([C@@H](C)CC)nc3ccc(Br)cc3c2=O)cc(I)c1OCC(=O)Nc1ccccc1C. The third kappa shape index (κ3) is 6.90. The fourth-order valence-corrected chi connectivity index (χ4v) is 5.15. The van der Waals surface area contributed by atoms with E-state index in [4.69, 9.17) is 14.5 Å². The number of amides is 1. The van der Waals surface area contributed by atoms with Gasteiger partial charge in [0, 0.05) is 16.1 Å². The molecule has 1 amide bonds. The number of nitrogens with one attached hydrogen (secondary N) is 1. The summed E-state index contributed by atoms with van der Waals surface area (Å²) in [5, 5.41) is 7.92. The highest BCUT2D eigenvalue weighted by Crippen LogP contribution is 2.34. The van der Waals surface area contributed by atoms with Crippen molar-refractivity contribution in [3.8, 4) is 11.5 Å². The molecule has 0 unspecified atom stereocenters. The summed E-state index contributed by atoms with van der Waals surface area (Å²) < 4.78 is 14.6. The number of benzene rings is 3. The topological polar surface area (TPSA) is 94.8 Å². The van der Waals surface area contributed by atoms with Gasteiger partial charge in [0.1, 0.15) is 5.82 Å². The monoisotopic (exact) mass is 716 g/mol. The van der Waals surface area contributed by atoms with E-state index in [2.05, 4.69) is 48.9 Å². The molecule has 4 aromatic rings. The third-order valence-corrected chi connectivity index (χ3v) is 7.60. The molecule has 0 saturated carbocycles. The molecule has 10 heteroatoms. The molecule has 1 atom stereocenters. The van der Waals surface area contributed by atoms with Crippen molar-refractivity contribution < 1.29 is 14.3 Å². The number of aromatic nitrogens is 2. The van der Waals surface area contributed by atoms with Crippen molar-refractivity contribution in [2.75, 3.05) is 18.5 Å². The first kappa shape index (κ1) is 29.7. The van der Waals surface area contributed by atoms with Crippen molar-refractivity contribution in [1.29, 1.82) is 0 Å². The van der Waals surface area contributed by atoms with Crippen molar-refractivity contribution in [3.05, 3.63) is 89.9 Å². The number of halogens is 2. The maximum atomic E-state index is 13.4. The van der Waals surface area contributed by atoms with E-state index in [9.17, 15) is 9.59 Å². The Bertz CT molecular complexity index is 1640. The first-order valence-electron chi connectivity index (χ1n) is 12.9. The van der Waals surface area contributed by atoms with E-state index in [1.54, 1.807) is 18.3 Å². The van der Waals surface area contributed by atoms with Gasteiger partial charge in [-0.05, 0) is 90.4 Å². The Morgan fingerprint density at radius 2 is 1.95 bits per heavy atom. The highest BCUT2D eigenvalue weighted by molar-refractivity contribution is 14.1. The summed E-state index contributed by atoms with van der Waals surface area (Å²) in [7, 11) is 0. The fourth-order valence-electron chi connectivity index (χ4n) is 4.01. The standard InChI is InChI=1S/C30H30BrIN4O4/c1-5-18(3)29-35-25-12-11-21(31)15-22(25)30(38)36(29)33-16-20-13-23(32)28(26(14-20)39-6-2)40-17-27(37)34-24-10-8-7-9-19(24)4/h7-16,18H,5-6,17H2,1-4H3,(H,34,37)/t18-/m0/s1. The van der Waals surface area contributed by atoms with Crippen LogP contribution in [-0.4, -0.2) is 35.0 Å². The van der Waals surface area contributed by atoms with Gasteiger partial charge >= 0.3 is 0 Å². The van der Waals surface area contributed by atoms with Gasteiger partial charge in [0.15, 0.2) is 18.1 Å². The van der Waals surface area contributed by atoms with Crippen LogP contribution in [0.15, 0.2) is 69.0 Å². The zero-order chi connectivity index (χ0) is 28.8. The Morgan fingerprint density at radius 1 is 1.18 bits per heavy atom. The number of carbonyl (C=O) groups excluding carboxylic acids is 1. The molecule has 1 aromatic heterocycles. The zero-order valence-electron chi connectivity index (χ0n) is 22.7. The number of rotatable bonds is 10. The molecule has 0 fully saturated rings. The van der Waals surface area contributed by atoms with E-state index in [0.29, 0.717) is 40.4 Å². The van der Waals surface area contributed by atoms with E-state index in [-0.39, 0.29) is 24.0 Å². The lowest BCUT2D eigenvalue weighted by molar-refractivity contribution is -0.118. The van der Waals surface area contributed by atoms with Gasteiger partial charge in [-0.2, -0.15) is 9.78 Å². The number of anilines is 1. The summed E-state index contributed by atoms with van der Waals surface area (Å²) in [5.74, 6) is 1.30. The smallest absolute Gasteiger partial charge is 0.282 e. The van der Waals surface area contributed by atoms with Crippen LogP contribution in [0.1, 0.15) is 50.1 Å². The molecule has 1 heterocycles. The van der Waals surface area contributed by atoms with Gasteiger partial charge in [-0.15, -0.1) is 0 Å². The first-order valence-corrected chi connectivity index (χ1v) is 14.8. The minimum Gasteiger partial charge on any atom is -0.490 e. The second-order valence-electron chi connectivity index (χ2n) is 9.22. The minimum atomic E-state index is -0.273. The maximum Gasteiger partial charge on any atom is 0.282 e. The summed E-state index contributed by atoms with van der Waals surface area (Å²) >= 11 is 5.58. The Kier molecular flexibility index (Phi) is 9.96. The highest BCUT2D eigenvalue weighted by Gasteiger charge is 2.17. The molecule has 40 heavy (non-hydrogen) atoms. The van der Waals surface area contributed by atoms with Gasteiger partial charge in [0.25, 0.3) is 11.5 Å². The third-order valence-electron chi connectivity index (χ3n) is 6.31. The average molecular weight is 717 g/mol. The average Bonchev–Trinajstić information content (AvgIpc) is 2.93. The lowest BCUT2D eigenvalue weighted by Crippen LogP contribution is -2.23. The van der Waals surface area contributed by atoms with Crippen LogP contribution in [0.2, 0.25) is 0 Å². The molecule has 208 valence electrons. The molecule has 0 radical (unpaired) electrons. The summed E-state index contributed by atoms with van der Waals surface area (Å²) in [6.45, 7) is 8.11. The molecule has 0 aliphatic carbocycles. The van der Waals surface area contributed by atoms with Crippen molar-refractivity contribution in [1.82, 2.24) is 9.66 Å². The Labute approximate surface area is 255 Å². The second-order valence-corrected chi connectivity index (χ2v) is 11.3.